The van der Waals surface area contributed by atoms with Crippen molar-refractivity contribution >= 4 is 67.7 Å². The van der Waals surface area contributed by atoms with E-state index in [1.165, 1.54) is 40.4 Å². The number of hydrogen-bond acceptors (Lipinski definition) is 4. The van der Waals surface area contributed by atoms with Crippen LogP contribution in [-0.2, 0) is 22.3 Å². The van der Waals surface area contributed by atoms with Gasteiger partial charge in [0.1, 0.15) is 0 Å². The summed E-state index contributed by atoms with van der Waals surface area (Å²) in [6.07, 6.45) is 0. The van der Waals surface area contributed by atoms with Crippen LogP contribution in [0.2, 0.25) is 0 Å². The Balaban J connectivity index is 1.96. The van der Waals surface area contributed by atoms with Crippen molar-refractivity contribution < 1.29 is 0 Å². The van der Waals surface area contributed by atoms with Gasteiger partial charge in [0, 0.05) is 23.9 Å². The second-order valence-corrected chi connectivity index (χ2v) is 8.34. The van der Waals surface area contributed by atoms with Gasteiger partial charge in [0.15, 0.2) is 0 Å². The monoisotopic (exact) mass is 330 g/mol. The Bertz CT molecular complexity index is 1030. The Hall–Kier alpha value is -1.08. The summed E-state index contributed by atoms with van der Waals surface area (Å²) in [6, 6.07) is 13.5. The SMILES string of the molecule is c1c2c(cc3cc4cc5c(cc4cc13)=S=NS5)=S=NS2. The van der Waals surface area contributed by atoms with Crippen molar-refractivity contribution in [2.75, 3.05) is 0 Å². The Morgan fingerprint density at radius 3 is 1.50 bits per heavy atom. The largest absolute Gasteiger partial charge is 0.154 e. The molecule has 0 bridgehead atoms. The van der Waals surface area contributed by atoms with Crippen molar-refractivity contribution in [2.24, 2.45) is 7.54 Å². The zero-order valence-electron chi connectivity index (χ0n) is 9.99. The van der Waals surface area contributed by atoms with Crippen molar-refractivity contribution in [1.29, 1.82) is 0 Å². The van der Waals surface area contributed by atoms with Gasteiger partial charge < -0.3 is 0 Å². The van der Waals surface area contributed by atoms with Crippen LogP contribution >= 0.6 is 23.9 Å². The lowest BCUT2D eigenvalue weighted by molar-refractivity contribution is 1.47. The highest BCUT2D eigenvalue weighted by Gasteiger charge is 2.08. The maximum Gasteiger partial charge on any atom is 0.0629 e. The van der Waals surface area contributed by atoms with Gasteiger partial charge >= 0.3 is 0 Å². The van der Waals surface area contributed by atoms with E-state index in [4.69, 9.17) is 0 Å². The molecule has 0 N–H and O–H groups in total. The van der Waals surface area contributed by atoms with Crippen LogP contribution in [0.5, 0.6) is 0 Å². The van der Waals surface area contributed by atoms with E-state index < -0.39 is 0 Å². The van der Waals surface area contributed by atoms with Crippen LogP contribution in [-0.4, -0.2) is 0 Å². The molecule has 2 aliphatic rings. The van der Waals surface area contributed by atoms with E-state index in [1.807, 2.05) is 0 Å². The topological polar surface area (TPSA) is 24.7 Å². The Morgan fingerprint density at radius 2 is 1.00 bits per heavy atom. The summed E-state index contributed by atoms with van der Waals surface area (Å²) in [6.45, 7) is 0. The Morgan fingerprint density at radius 1 is 0.550 bits per heavy atom. The smallest absolute Gasteiger partial charge is 0.0629 e. The van der Waals surface area contributed by atoms with Crippen LogP contribution in [0.4, 0.5) is 0 Å². The van der Waals surface area contributed by atoms with Gasteiger partial charge in [-0.25, -0.2) is 0 Å². The molecule has 2 heterocycles. The summed E-state index contributed by atoms with van der Waals surface area (Å²) in [5, 5.41) is 5.14. The van der Waals surface area contributed by atoms with Gasteiger partial charge in [-0.15, -0.1) is 0 Å². The van der Waals surface area contributed by atoms with Gasteiger partial charge in [-0.1, -0.05) is 0 Å². The maximum absolute atomic E-state index is 4.31. The molecule has 0 saturated carbocycles. The van der Waals surface area contributed by atoms with E-state index >= 15 is 0 Å². The number of benzene rings is 3. The lowest BCUT2D eigenvalue weighted by Crippen LogP contribution is -1.80. The molecule has 0 saturated heterocycles. The molecule has 0 fully saturated rings. The predicted molar refractivity (Wildman–Crippen MR) is 90.4 cm³/mol. The molecular formula is C14H6N2S4. The first-order valence-electron chi connectivity index (χ1n) is 6.01. The molecule has 0 radical (unpaired) electrons. The predicted octanol–water partition coefficient (Wildman–Crippen LogP) is 5.07. The van der Waals surface area contributed by atoms with Crippen LogP contribution in [0.3, 0.4) is 0 Å². The third-order valence-corrected chi connectivity index (χ3v) is 7.05. The molecule has 0 aliphatic carbocycles. The third-order valence-electron chi connectivity index (χ3n) is 3.46. The molecule has 6 heteroatoms. The third kappa shape index (κ3) is 1.65. The van der Waals surface area contributed by atoms with Gasteiger partial charge in [0.05, 0.1) is 18.8 Å². The highest BCUT2D eigenvalue weighted by atomic mass is 32.2. The molecule has 2 aliphatic heterocycles. The maximum atomic E-state index is 4.31. The van der Waals surface area contributed by atoms with Gasteiger partial charge in [0.25, 0.3) is 0 Å². The summed E-state index contributed by atoms with van der Waals surface area (Å²) in [4.78, 5) is 2.53. The standard InChI is InChI=1S/C14H6N2S4/c1-7-3-11-13(19-15-17-11)5-9(7)2-10-6-14-12(4-8(1)10)18-16-20-14/h1-6H. The molecule has 0 unspecified atom stereocenters. The minimum Gasteiger partial charge on any atom is -0.154 e. The number of nitrogens with zero attached hydrogens (tertiary/aromatic N) is 2. The average molecular weight is 330 g/mol. The normalized spacial score (nSPS) is 15.2. The molecule has 0 aromatic heterocycles. The van der Waals surface area contributed by atoms with E-state index in [0.717, 1.165) is 0 Å². The summed E-state index contributed by atoms with van der Waals surface area (Å²) in [5.74, 6) is 0. The van der Waals surface area contributed by atoms with Gasteiger partial charge in [-0.3, -0.25) is 0 Å². The molecule has 5 rings (SSSR count). The first-order valence-corrected chi connectivity index (χ1v) is 9.10. The summed E-state index contributed by atoms with van der Waals surface area (Å²) in [7, 11) is 0. The van der Waals surface area contributed by atoms with E-state index in [2.05, 4.69) is 43.9 Å². The van der Waals surface area contributed by atoms with E-state index in [-0.39, 0.29) is 0 Å². The molecule has 20 heavy (non-hydrogen) atoms. The Labute approximate surface area is 130 Å². The molecule has 0 amide bonds. The Kier molecular flexibility index (Phi) is 2.43. The number of rotatable bonds is 0. The lowest BCUT2D eigenvalue weighted by atomic mass is 10.0. The van der Waals surface area contributed by atoms with Crippen molar-refractivity contribution in [2.45, 2.75) is 9.79 Å². The fraction of sp³-hybridized carbons (Fsp3) is 0. The molecule has 2 nitrogen and oxygen atoms in total. The van der Waals surface area contributed by atoms with Gasteiger partial charge in [-0.05, 0) is 80.2 Å². The average Bonchev–Trinajstić information content (AvgIpc) is 3.07. The molecule has 96 valence electrons. The van der Waals surface area contributed by atoms with E-state index in [0.29, 0.717) is 0 Å². The highest BCUT2D eigenvalue weighted by Crippen LogP contribution is 2.33. The van der Waals surface area contributed by atoms with Gasteiger partial charge in [-0.2, -0.15) is 7.54 Å². The van der Waals surface area contributed by atoms with Crippen LogP contribution in [0.1, 0.15) is 0 Å². The zero-order valence-corrected chi connectivity index (χ0v) is 13.3. The van der Waals surface area contributed by atoms with E-state index in [9.17, 15) is 0 Å². The van der Waals surface area contributed by atoms with E-state index in [1.54, 1.807) is 46.2 Å². The zero-order chi connectivity index (χ0) is 13.1. The molecule has 3 aromatic rings. The van der Waals surface area contributed by atoms with Crippen molar-refractivity contribution in [3.8, 4) is 0 Å². The van der Waals surface area contributed by atoms with Crippen LogP contribution < -0.4 is 0 Å². The van der Waals surface area contributed by atoms with Crippen LogP contribution in [0.15, 0.2) is 53.7 Å². The molecule has 0 spiro atoms. The fourth-order valence-corrected chi connectivity index (χ4v) is 5.85. The minimum absolute atomic E-state index is 1.27. The van der Waals surface area contributed by atoms with Gasteiger partial charge in [0.2, 0.25) is 0 Å². The highest BCUT2D eigenvalue weighted by molar-refractivity contribution is 8.02. The van der Waals surface area contributed by atoms with Crippen LogP contribution in [0.25, 0.3) is 21.5 Å². The van der Waals surface area contributed by atoms with Crippen molar-refractivity contribution in [3.05, 3.63) is 45.4 Å². The first kappa shape index (κ1) is 11.6. The molecule has 0 atom stereocenters. The quantitative estimate of drug-likeness (QED) is 0.327. The molecular weight excluding hydrogens is 324 g/mol. The molecule has 3 aromatic carbocycles. The summed E-state index contributed by atoms with van der Waals surface area (Å²) >= 11 is 6.29. The number of fused-ring (bicyclic) bond motifs is 4. The first-order chi connectivity index (χ1) is 9.87. The minimum atomic E-state index is 1.27. The number of hydrogen-bond donors (Lipinski definition) is 0. The summed E-state index contributed by atoms with van der Waals surface area (Å²) in [5.41, 5.74) is 0. The summed E-state index contributed by atoms with van der Waals surface area (Å²) < 4.78 is 11.2. The second-order valence-electron chi connectivity index (χ2n) is 4.66. The fourth-order valence-electron chi connectivity index (χ4n) is 2.50. The van der Waals surface area contributed by atoms with Crippen molar-refractivity contribution in [1.82, 2.24) is 0 Å². The van der Waals surface area contributed by atoms with Crippen molar-refractivity contribution in [3.63, 3.8) is 0 Å². The second kappa shape index (κ2) is 4.21. The lowest BCUT2D eigenvalue weighted by Gasteiger charge is -2.04. The van der Waals surface area contributed by atoms with Crippen LogP contribution in [0, 0.1) is 9.02 Å².